The molecule has 0 saturated carbocycles. The Morgan fingerprint density at radius 1 is 1.09 bits per heavy atom. The number of benzene rings is 3. The number of fused-ring (bicyclic) bond motifs is 2. The summed E-state index contributed by atoms with van der Waals surface area (Å²) in [5, 5.41) is 2.79. The third-order valence-electron chi connectivity index (χ3n) is 6.73. The molecule has 3 aromatic carbocycles. The van der Waals surface area contributed by atoms with Gasteiger partial charge in [0.2, 0.25) is 0 Å². The second-order valence-electron chi connectivity index (χ2n) is 9.06. The average Bonchev–Trinajstić information content (AvgIpc) is 3.28. The molecular weight excluding hydrogens is 458 g/mol. The Morgan fingerprint density at radius 3 is 2.54 bits per heavy atom. The minimum atomic E-state index is -0.0814. The predicted octanol–water partition coefficient (Wildman–Crippen LogP) is 5.44. The van der Waals surface area contributed by atoms with Gasteiger partial charge in [0.25, 0.3) is 5.91 Å². The first kappa shape index (κ1) is 23.7. The number of rotatable bonds is 7. The van der Waals surface area contributed by atoms with E-state index in [0.717, 1.165) is 65.4 Å². The van der Waals surface area contributed by atoms with Crippen LogP contribution in [-0.2, 0) is 4.74 Å². The fourth-order valence-electron chi connectivity index (χ4n) is 4.55. The highest BCUT2D eigenvalue weighted by Gasteiger charge is 2.25. The summed E-state index contributed by atoms with van der Waals surface area (Å²) in [5.74, 6) is 0.502. The van der Waals surface area contributed by atoms with Crippen LogP contribution in [0.2, 0.25) is 0 Å². The zero-order valence-corrected chi connectivity index (χ0v) is 21.4. The van der Waals surface area contributed by atoms with E-state index < -0.39 is 0 Å². The Bertz CT molecular complexity index is 1320. The Kier molecular flexibility index (Phi) is 7.00. The molecule has 2 heterocycles. The van der Waals surface area contributed by atoms with Gasteiger partial charge < -0.3 is 9.47 Å². The lowest BCUT2D eigenvalue weighted by Gasteiger charge is -2.28. The Labute approximate surface area is 210 Å². The highest BCUT2D eigenvalue weighted by molar-refractivity contribution is 7.22. The van der Waals surface area contributed by atoms with Crippen molar-refractivity contribution in [1.82, 2.24) is 9.88 Å². The minimum absolute atomic E-state index is 0.0814. The lowest BCUT2D eigenvalue weighted by Crippen LogP contribution is -2.39. The molecule has 1 aromatic heterocycles. The number of carbonyl (C=O) groups is 1. The second kappa shape index (κ2) is 10.3. The molecule has 0 bridgehead atoms. The summed E-state index contributed by atoms with van der Waals surface area (Å²) in [6.45, 7) is 9.13. The Hall–Kier alpha value is -3.00. The molecule has 0 radical (unpaired) electrons. The van der Waals surface area contributed by atoms with E-state index in [1.165, 1.54) is 11.1 Å². The monoisotopic (exact) mass is 489 g/mol. The summed E-state index contributed by atoms with van der Waals surface area (Å²) in [6.07, 6.45) is 0.857. The molecule has 1 aliphatic heterocycles. The lowest BCUT2D eigenvalue weighted by atomic mass is 10.0. The van der Waals surface area contributed by atoms with E-state index in [2.05, 4.69) is 30.9 Å². The van der Waals surface area contributed by atoms with Crippen LogP contribution >= 0.6 is 11.3 Å². The molecule has 0 N–H and O–H groups in total. The molecule has 0 aliphatic carbocycles. The highest BCUT2D eigenvalue weighted by Crippen LogP contribution is 2.34. The molecule has 6 nitrogen and oxygen atoms in total. The summed E-state index contributed by atoms with van der Waals surface area (Å²) >= 11 is 1.57. The molecule has 4 aromatic rings. The van der Waals surface area contributed by atoms with E-state index in [0.29, 0.717) is 17.9 Å². The summed E-state index contributed by atoms with van der Waals surface area (Å²) < 4.78 is 12.2. The summed E-state index contributed by atoms with van der Waals surface area (Å²) in [5.41, 5.74) is 3.93. The van der Waals surface area contributed by atoms with Crippen molar-refractivity contribution < 1.29 is 14.3 Å². The van der Waals surface area contributed by atoms with Crippen LogP contribution in [0.1, 0.15) is 27.9 Å². The van der Waals surface area contributed by atoms with Gasteiger partial charge in [0.05, 0.1) is 36.1 Å². The largest absolute Gasteiger partial charge is 0.496 e. The zero-order chi connectivity index (χ0) is 24.4. The molecule has 0 spiro atoms. The predicted molar refractivity (Wildman–Crippen MR) is 143 cm³/mol. The maximum atomic E-state index is 14.0. The van der Waals surface area contributed by atoms with Crippen molar-refractivity contribution >= 4 is 43.4 Å². The maximum Gasteiger partial charge on any atom is 0.263 e. The smallest absolute Gasteiger partial charge is 0.263 e. The van der Waals surface area contributed by atoms with Crippen molar-refractivity contribution in [2.24, 2.45) is 0 Å². The number of anilines is 1. The van der Waals surface area contributed by atoms with Crippen LogP contribution in [0.4, 0.5) is 5.13 Å². The van der Waals surface area contributed by atoms with Gasteiger partial charge in [-0.3, -0.25) is 14.6 Å². The number of aryl methyl sites for hydroxylation is 2. The number of amides is 1. The van der Waals surface area contributed by atoms with Crippen LogP contribution in [0.5, 0.6) is 5.75 Å². The summed E-state index contributed by atoms with van der Waals surface area (Å²) in [4.78, 5) is 23.2. The molecule has 5 rings (SSSR count). The van der Waals surface area contributed by atoms with Crippen LogP contribution in [0, 0.1) is 13.8 Å². The van der Waals surface area contributed by atoms with Gasteiger partial charge in [-0.15, -0.1) is 0 Å². The van der Waals surface area contributed by atoms with E-state index in [-0.39, 0.29) is 5.91 Å². The van der Waals surface area contributed by atoms with Crippen molar-refractivity contribution in [3.63, 3.8) is 0 Å². The quantitative estimate of drug-likeness (QED) is 0.346. The van der Waals surface area contributed by atoms with Crippen molar-refractivity contribution in [2.75, 3.05) is 51.4 Å². The van der Waals surface area contributed by atoms with Gasteiger partial charge in [-0.2, -0.15) is 0 Å². The number of aromatic nitrogens is 1. The van der Waals surface area contributed by atoms with Gasteiger partial charge in [-0.1, -0.05) is 35.6 Å². The van der Waals surface area contributed by atoms with E-state index >= 15 is 0 Å². The number of thiazole rings is 1. The maximum absolute atomic E-state index is 14.0. The van der Waals surface area contributed by atoms with Gasteiger partial charge in [-0.25, -0.2) is 4.98 Å². The van der Waals surface area contributed by atoms with Gasteiger partial charge in [0.15, 0.2) is 5.13 Å². The molecule has 1 amide bonds. The third-order valence-corrected chi connectivity index (χ3v) is 7.77. The first-order valence-corrected chi connectivity index (χ1v) is 12.9. The number of carbonyl (C=O) groups excluding carboxylic acids is 1. The van der Waals surface area contributed by atoms with E-state index in [4.69, 9.17) is 14.5 Å². The van der Waals surface area contributed by atoms with Gasteiger partial charge >= 0.3 is 0 Å². The molecule has 35 heavy (non-hydrogen) atoms. The van der Waals surface area contributed by atoms with Crippen LogP contribution in [0.25, 0.3) is 21.0 Å². The standard InChI is InChI=1S/C28H31N3O3S/c1-19-15-24-26(16-20(19)2)35-28(29-24)31(10-6-9-30-11-13-34-14-12-30)27(32)23-17-21-7-4-5-8-22(21)18-25(23)33-3/h4-5,7-8,15-18H,6,9-14H2,1-3H3. The van der Waals surface area contributed by atoms with Crippen molar-refractivity contribution in [3.8, 4) is 5.75 Å². The normalized spacial score (nSPS) is 14.5. The zero-order valence-electron chi connectivity index (χ0n) is 20.5. The molecule has 0 atom stereocenters. The third kappa shape index (κ3) is 5.03. The van der Waals surface area contributed by atoms with Crippen LogP contribution in [-0.4, -0.2) is 62.3 Å². The van der Waals surface area contributed by atoms with Crippen LogP contribution < -0.4 is 9.64 Å². The lowest BCUT2D eigenvalue weighted by molar-refractivity contribution is 0.0376. The Balaban J connectivity index is 1.50. The molecule has 1 saturated heterocycles. The molecule has 182 valence electrons. The number of hydrogen-bond donors (Lipinski definition) is 0. The van der Waals surface area contributed by atoms with E-state index in [1.54, 1.807) is 18.4 Å². The first-order valence-electron chi connectivity index (χ1n) is 12.1. The van der Waals surface area contributed by atoms with Gasteiger partial charge in [0.1, 0.15) is 5.75 Å². The topological polar surface area (TPSA) is 54.9 Å². The summed E-state index contributed by atoms with van der Waals surface area (Å²) in [6, 6.07) is 16.2. The number of hydrogen-bond acceptors (Lipinski definition) is 6. The van der Waals surface area contributed by atoms with Crippen LogP contribution in [0.15, 0.2) is 48.5 Å². The molecule has 0 unspecified atom stereocenters. The van der Waals surface area contributed by atoms with Gasteiger partial charge in [0, 0.05) is 26.2 Å². The second-order valence-corrected chi connectivity index (χ2v) is 10.1. The minimum Gasteiger partial charge on any atom is -0.496 e. The molecule has 7 heteroatoms. The average molecular weight is 490 g/mol. The fraction of sp³-hybridized carbons (Fsp3) is 0.357. The van der Waals surface area contributed by atoms with Crippen molar-refractivity contribution in [2.45, 2.75) is 20.3 Å². The molecule has 1 aliphatic rings. The van der Waals surface area contributed by atoms with Crippen molar-refractivity contribution in [3.05, 3.63) is 65.2 Å². The number of ether oxygens (including phenoxy) is 2. The SMILES string of the molecule is COc1cc2ccccc2cc1C(=O)N(CCCN1CCOCC1)c1nc2cc(C)c(C)cc2s1. The van der Waals surface area contributed by atoms with Crippen molar-refractivity contribution in [1.29, 1.82) is 0 Å². The molecular formula is C28H31N3O3S. The fourth-order valence-corrected chi connectivity index (χ4v) is 5.62. The summed E-state index contributed by atoms with van der Waals surface area (Å²) in [7, 11) is 1.62. The highest BCUT2D eigenvalue weighted by atomic mass is 32.1. The van der Waals surface area contributed by atoms with E-state index in [9.17, 15) is 4.79 Å². The number of nitrogens with zero attached hydrogens (tertiary/aromatic N) is 3. The first-order chi connectivity index (χ1) is 17.0. The Morgan fingerprint density at radius 2 is 1.80 bits per heavy atom. The number of methoxy groups -OCH3 is 1. The molecule has 1 fully saturated rings. The van der Waals surface area contributed by atoms with Crippen LogP contribution in [0.3, 0.4) is 0 Å². The van der Waals surface area contributed by atoms with Gasteiger partial charge in [-0.05, 0) is 66.4 Å². The number of morpholine rings is 1. The van der Waals surface area contributed by atoms with E-state index in [1.807, 2.05) is 41.3 Å².